The molecule has 0 fully saturated rings. The third kappa shape index (κ3) is 5.46. The average molecular weight is 308 g/mol. The molecule has 1 aromatic rings. The maximum absolute atomic E-state index is 11.9. The Morgan fingerprint density at radius 2 is 2.00 bits per heavy atom. The maximum atomic E-state index is 11.9. The highest BCUT2D eigenvalue weighted by atomic mass is 35.5. The first-order valence-corrected chi connectivity index (χ1v) is 7.66. The number of halogens is 1. The van der Waals surface area contributed by atoms with Gasteiger partial charge in [0.15, 0.2) is 0 Å². The van der Waals surface area contributed by atoms with E-state index in [2.05, 4.69) is 4.72 Å². The fourth-order valence-corrected chi connectivity index (χ4v) is 2.60. The molecule has 1 rings (SSSR count). The van der Waals surface area contributed by atoms with Gasteiger partial charge in [-0.2, -0.15) is 0 Å². The van der Waals surface area contributed by atoms with Crippen LogP contribution in [0, 0.1) is 6.92 Å². The molecule has 108 valence electrons. The molecule has 0 amide bonds. The Morgan fingerprint density at radius 1 is 1.26 bits per heavy atom. The largest absolute Gasteiger partial charge is 0.382 e. The molecule has 0 spiro atoms. The van der Waals surface area contributed by atoms with E-state index in [4.69, 9.17) is 21.1 Å². The van der Waals surface area contributed by atoms with Crippen molar-refractivity contribution in [1.82, 2.24) is 4.72 Å². The molecule has 0 bridgehead atoms. The highest BCUT2D eigenvalue weighted by Gasteiger charge is 2.14. The van der Waals surface area contributed by atoms with Gasteiger partial charge in [0.1, 0.15) is 0 Å². The van der Waals surface area contributed by atoms with Crippen LogP contribution in [0.2, 0.25) is 5.02 Å². The van der Waals surface area contributed by atoms with Gasteiger partial charge in [0.2, 0.25) is 10.0 Å². The summed E-state index contributed by atoms with van der Waals surface area (Å²) in [6.45, 7) is 3.24. The smallest absolute Gasteiger partial charge is 0.240 e. The minimum atomic E-state index is -3.54. The highest BCUT2D eigenvalue weighted by Crippen LogP contribution is 2.19. The predicted molar refractivity (Wildman–Crippen MR) is 74.1 cm³/mol. The summed E-state index contributed by atoms with van der Waals surface area (Å²) in [5, 5.41) is 0.430. The van der Waals surface area contributed by atoms with Gasteiger partial charge in [-0.25, -0.2) is 13.1 Å². The molecule has 0 saturated carbocycles. The summed E-state index contributed by atoms with van der Waals surface area (Å²) < 4.78 is 36.3. The van der Waals surface area contributed by atoms with Crippen molar-refractivity contribution < 1.29 is 17.9 Å². The number of rotatable bonds is 8. The van der Waals surface area contributed by atoms with E-state index in [0.717, 1.165) is 5.56 Å². The maximum Gasteiger partial charge on any atom is 0.240 e. The van der Waals surface area contributed by atoms with Gasteiger partial charge in [0.05, 0.1) is 24.7 Å². The van der Waals surface area contributed by atoms with Crippen molar-refractivity contribution in [3.05, 3.63) is 28.8 Å². The second-order valence-electron chi connectivity index (χ2n) is 3.91. The van der Waals surface area contributed by atoms with Gasteiger partial charge >= 0.3 is 0 Å². The van der Waals surface area contributed by atoms with Crippen LogP contribution >= 0.6 is 11.6 Å². The molecular weight excluding hydrogens is 290 g/mol. The van der Waals surface area contributed by atoms with Crippen LogP contribution in [-0.2, 0) is 19.5 Å². The molecule has 0 saturated heterocycles. The zero-order chi connectivity index (χ0) is 14.3. The minimum Gasteiger partial charge on any atom is -0.382 e. The van der Waals surface area contributed by atoms with Crippen molar-refractivity contribution in [2.24, 2.45) is 0 Å². The van der Waals surface area contributed by atoms with Gasteiger partial charge in [-0.1, -0.05) is 17.7 Å². The number of methoxy groups -OCH3 is 1. The van der Waals surface area contributed by atoms with Gasteiger partial charge in [-0.05, 0) is 24.6 Å². The quantitative estimate of drug-likeness (QED) is 0.741. The zero-order valence-electron chi connectivity index (χ0n) is 11.0. The van der Waals surface area contributed by atoms with E-state index >= 15 is 0 Å². The summed E-state index contributed by atoms with van der Waals surface area (Å²) in [4.78, 5) is 0.153. The SMILES string of the molecule is COCCOCCNS(=O)(=O)c1ccc(C)c(Cl)c1. The van der Waals surface area contributed by atoms with Gasteiger partial charge in [-0.3, -0.25) is 0 Å². The Hall–Kier alpha value is -0.660. The molecule has 7 heteroatoms. The van der Waals surface area contributed by atoms with E-state index in [9.17, 15) is 8.42 Å². The van der Waals surface area contributed by atoms with Crippen LogP contribution in [0.1, 0.15) is 5.56 Å². The van der Waals surface area contributed by atoms with Crippen LogP contribution in [0.15, 0.2) is 23.1 Å². The molecule has 5 nitrogen and oxygen atoms in total. The number of hydrogen-bond acceptors (Lipinski definition) is 4. The molecule has 19 heavy (non-hydrogen) atoms. The second kappa shape index (κ2) is 7.81. The summed E-state index contributed by atoms with van der Waals surface area (Å²) in [6, 6.07) is 4.63. The monoisotopic (exact) mass is 307 g/mol. The van der Waals surface area contributed by atoms with Crippen LogP contribution in [-0.4, -0.2) is 41.9 Å². The third-order valence-corrected chi connectivity index (χ3v) is 4.29. The highest BCUT2D eigenvalue weighted by molar-refractivity contribution is 7.89. The number of hydrogen-bond donors (Lipinski definition) is 1. The van der Waals surface area contributed by atoms with Crippen LogP contribution in [0.5, 0.6) is 0 Å². The Bertz CT molecular complexity index is 504. The molecule has 1 N–H and O–H groups in total. The standard InChI is InChI=1S/C12H18ClNO4S/c1-10-3-4-11(9-12(10)13)19(15,16)14-5-6-18-8-7-17-2/h3-4,9,14H,5-8H2,1-2H3. The number of aryl methyl sites for hydroxylation is 1. The lowest BCUT2D eigenvalue weighted by atomic mass is 10.2. The van der Waals surface area contributed by atoms with E-state index in [0.29, 0.717) is 24.8 Å². The van der Waals surface area contributed by atoms with Crippen molar-refractivity contribution in [2.75, 3.05) is 33.5 Å². The van der Waals surface area contributed by atoms with Crippen molar-refractivity contribution >= 4 is 21.6 Å². The molecule has 0 aliphatic carbocycles. The van der Waals surface area contributed by atoms with Crippen LogP contribution in [0.4, 0.5) is 0 Å². The molecule has 0 aliphatic rings. The molecule has 0 aliphatic heterocycles. The van der Waals surface area contributed by atoms with Crippen LogP contribution in [0.25, 0.3) is 0 Å². The summed E-state index contributed by atoms with van der Waals surface area (Å²) in [5.74, 6) is 0. The fourth-order valence-electron chi connectivity index (χ4n) is 1.32. The van der Waals surface area contributed by atoms with E-state index in [1.165, 1.54) is 12.1 Å². The van der Waals surface area contributed by atoms with Crippen LogP contribution < -0.4 is 4.72 Å². The Labute approximate surface area is 118 Å². The fraction of sp³-hybridized carbons (Fsp3) is 0.500. The van der Waals surface area contributed by atoms with E-state index in [-0.39, 0.29) is 11.4 Å². The molecule has 0 radical (unpaired) electrons. The molecule has 0 unspecified atom stereocenters. The summed E-state index contributed by atoms with van der Waals surface area (Å²) >= 11 is 5.91. The van der Waals surface area contributed by atoms with Crippen molar-refractivity contribution in [3.8, 4) is 0 Å². The summed E-state index contributed by atoms with van der Waals surface area (Å²) in [7, 11) is -1.96. The van der Waals surface area contributed by atoms with Gasteiger partial charge in [0, 0.05) is 18.7 Å². The lowest BCUT2D eigenvalue weighted by molar-refractivity contribution is 0.0736. The number of sulfonamides is 1. The number of benzene rings is 1. The van der Waals surface area contributed by atoms with E-state index in [1.54, 1.807) is 13.2 Å². The van der Waals surface area contributed by atoms with Crippen molar-refractivity contribution in [3.63, 3.8) is 0 Å². The predicted octanol–water partition coefficient (Wildman–Crippen LogP) is 1.59. The average Bonchev–Trinajstić information content (AvgIpc) is 2.36. The lowest BCUT2D eigenvalue weighted by Gasteiger charge is -2.08. The Morgan fingerprint density at radius 3 is 2.63 bits per heavy atom. The van der Waals surface area contributed by atoms with E-state index < -0.39 is 10.0 Å². The minimum absolute atomic E-state index is 0.153. The molecular formula is C12H18ClNO4S. The third-order valence-electron chi connectivity index (χ3n) is 2.42. The second-order valence-corrected chi connectivity index (χ2v) is 6.09. The van der Waals surface area contributed by atoms with Crippen LogP contribution in [0.3, 0.4) is 0 Å². The van der Waals surface area contributed by atoms with E-state index in [1.807, 2.05) is 6.92 Å². The molecule has 1 aromatic carbocycles. The normalized spacial score (nSPS) is 11.7. The van der Waals surface area contributed by atoms with Crippen molar-refractivity contribution in [2.45, 2.75) is 11.8 Å². The summed E-state index contributed by atoms with van der Waals surface area (Å²) in [5.41, 5.74) is 0.837. The van der Waals surface area contributed by atoms with Crippen molar-refractivity contribution in [1.29, 1.82) is 0 Å². The Kier molecular flexibility index (Phi) is 6.74. The first-order chi connectivity index (χ1) is 8.97. The topological polar surface area (TPSA) is 64.6 Å². The molecule has 0 heterocycles. The first kappa shape index (κ1) is 16.4. The van der Waals surface area contributed by atoms with Gasteiger partial charge < -0.3 is 9.47 Å². The first-order valence-electron chi connectivity index (χ1n) is 5.80. The number of nitrogens with one attached hydrogen (secondary N) is 1. The lowest BCUT2D eigenvalue weighted by Crippen LogP contribution is -2.27. The zero-order valence-corrected chi connectivity index (χ0v) is 12.6. The summed E-state index contributed by atoms with van der Waals surface area (Å²) in [6.07, 6.45) is 0. The Balaban J connectivity index is 2.49. The van der Waals surface area contributed by atoms with Gasteiger partial charge in [0.25, 0.3) is 0 Å². The molecule has 0 aromatic heterocycles. The van der Waals surface area contributed by atoms with Gasteiger partial charge in [-0.15, -0.1) is 0 Å². The molecule has 0 atom stereocenters. The number of ether oxygens (including phenoxy) is 2.